The third-order valence-electron chi connectivity index (χ3n) is 5.16. The maximum absolute atomic E-state index is 12.8. The number of benzene rings is 2. The summed E-state index contributed by atoms with van der Waals surface area (Å²) in [7, 11) is 3.67. The molecule has 1 unspecified atom stereocenters. The number of carbonyl (C=O) groups is 1. The second-order valence-electron chi connectivity index (χ2n) is 6.58. The van der Waals surface area contributed by atoms with Crippen molar-refractivity contribution >= 4 is 29.1 Å². The fourth-order valence-electron chi connectivity index (χ4n) is 3.44. The van der Waals surface area contributed by atoms with E-state index in [1.165, 1.54) is 0 Å². The molecule has 0 radical (unpaired) electrons. The number of likely N-dealkylation sites (tertiary alicyclic amines) is 1. The first-order valence-corrected chi connectivity index (χ1v) is 8.66. The Morgan fingerprint density at radius 1 is 1.16 bits per heavy atom. The molecule has 1 N–H and O–H groups in total. The Kier molecular flexibility index (Phi) is 6.68. The van der Waals surface area contributed by atoms with E-state index in [1.807, 2.05) is 37.1 Å². The lowest BCUT2D eigenvalue weighted by molar-refractivity contribution is -0.133. The van der Waals surface area contributed by atoms with Crippen LogP contribution in [-0.2, 0) is 4.79 Å². The van der Waals surface area contributed by atoms with Gasteiger partial charge in [-0.15, -0.1) is 12.4 Å². The van der Waals surface area contributed by atoms with Crippen LogP contribution < -0.4 is 10.1 Å². The monoisotopic (exact) mass is 362 g/mol. The van der Waals surface area contributed by atoms with Crippen LogP contribution in [-0.4, -0.2) is 44.1 Å². The van der Waals surface area contributed by atoms with Crippen LogP contribution in [0.3, 0.4) is 0 Å². The van der Waals surface area contributed by atoms with Gasteiger partial charge >= 0.3 is 0 Å². The normalized spacial score (nSPS) is 16.4. The van der Waals surface area contributed by atoms with Crippen molar-refractivity contribution in [3.8, 4) is 5.75 Å². The minimum absolute atomic E-state index is 0. The molecule has 4 nitrogen and oxygen atoms in total. The van der Waals surface area contributed by atoms with Gasteiger partial charge in [0.1, 0.15) is 5.75 Å². The lowest BCUT2D eigenvalue weighted by Gasteiger charge is -2.33. The van der Waals surface area contributed by atoms with Crippen molar-refractivity contribution in [2.45, 2.75) is 31.7 Å². The van der Waals surface area contributed by atoms with E-state index >= 15 is 0 Å². The number of nitrogens with one attached hydrogen (secondary N) is 1. The third-order valence-corrected chi connectivity index (χ3v) is 5.16. The van der Waals surface area contributed by atoms with Gasteiger partial charge in [-0.2, -0.15) is 0 Å². The van der Waals surface area contributed by atoms with Crippen molar-refractivity contribution in [3.05, 3.63) is 42.0 Å². The van der Waals surface area contributed by atoms with Crippen LogP contribution in [0.25, 0.3) is 10.8 Å². The Labute approximate surface area is 155 Å². The summed E-state index contributed by atoms with van der Waals surface area (Å²) in [5.74, 6) is 0.979. The first-order valence-electron chi connectivity index (χ1n) is 8.66. The van der Waals surface area contributed by atoms with Crippen molar-refractivity contribution in [1.82, 2.24) is 10.2 Å². The molecular weight excluding hydrogens is 336 g/mol. The van der Waals surface area contributed by atoms with Crippen LogP contribution in [0.4, 0.5) is 0 Å². The van der Waals surface area contributed by atoms with E-state index in [0.717, 1.165) is 48.0 Å². The molecule has 1 amide bonds. The minimum atomic E-state index is -0.109. The summed E-state index contributed by atoms with van der Waals surface area (Å²) >= 11 is 0. The maximum atomic E-state index is 12.8. The van der Waals surface area contributed by atoms with Gasteiger partial charge in [-0.05, 0) is 55.3 Å². The summed E-state index contributed by atoms with van der Waals surface area (Å²) in [5, 5.41) is 5.58. The number of methoxy groups -OCH3 is 1. The number of hydrogen-bond donors (Lipinski definition) is 1. The van der Waals surface area contributed by atoms with Crippen molar-refractivity contribution in [2.75, 3.05) is 27.2 Å². The van der Waals surface area contributed by atoms with E-state index in [2.05, 4.69) is 23.5 Å². The van der Waals surface area contributed by atoms with Crippen LogP contribution in [0.1, 0.15) is 31.2 Å². The molecule has 3 rings (SSSR count). The number of halogens is 1. The van der Waals surface area contributed by atoms with Gasteiger partial charge in [0.2, 0.25) is 5.91 Å². The molecule has 1 aliphatic rings. The quantitative estimate of drug-likeness (QED) is 0.903. The molecule has 1 saturated heterocycles. The first-order chi connectivity index (χ1) is 11.6. The molecule has 5 heteroatoms. The van der Waals surface area contributed by atoms with E-state index in [4.69, 9.17) is 4.74 Å². The zero-order valence-corrected chi connectivity index (χ0v) is 15.9. The molecule has 25 heavy (non-hydrogen) atoms. The molecule has 1 fully saturated rings. The average molecular weight is 363 g/mol. The Bertz CT molecular complexity index is 727. The smallest absolute Gasteiger partial charge is 0.229 e. The van der Waals surface area contributed by atoms with Gasteiger partial charge < -0.3 is 15.0 Å². The summed E-state index contributed by atoms with van der Waals surface area (Å²) < 4.78 is 5.27. The van der Waals surface area contributed by atoms with Gasteiger partial charge in [-0.25, -0.2) is 0 Å². The minimum Gasteiger partial charge on any atom is -0.497 e. The molecule has 0 aliphatic carbocycles. The highest BCUT2D eigenvalue weighted by atomic mass is 35.5. The molecule has 2 aromatic rings. The number of carbonyl (C=O) groups excluding carboxylic acids is 1. The molecule has 0 spiro atoms. The second-order valence-corrected chi connectivity index (χ2v) is 6.58. The molecule has 0 saturated carbocycles. The Balaban J connectivity index is 0.00000225. The first kappa shape index (κ1) is 19.5. The van der Waals surface area contributed by atoms with Crippen LogP contribution in [0.2, 0.25) is 0 Å². The van der Waals surface area contributed by atoms with Crippen molar-refractivity contribution in [1.29, 1.82) is 0 Å². The zero-order chi connectivity index (χ0) is 17.1. The number of ether oxygens (including phenoxy) is 1. The van der Waals surface area contributed by atoms with Crippen molar-refractivity contribution < 1.29 is 9.53 Å². The van der Waals surface area contributed by atoms with Gasteiger partial charge in [0, 0.05) is 19.1 Å². The van der Waals surface area contributed by atoms with Crippen LogP contribution >= 0.6 is 12.4 Å². The predicted octanol–water partition coefficient (Wildman–Crippen LogP) is 3.58. The highest BCUT2D eigenvalue weighted by Gasteiger charge is 2.26. The number of piperidine rings is 1. The number of fused-ring (bicyclic) bond motifs is 1. The average Bonchev–Trinajstić information content (AvgIpc) is 2.66. The van der Waals surface area contributed by atoms with Gasteiger partial charge in [0.05, 0.1) is 13.0 Å². The Morgan fingerprint density at radius 2 is 1.80 bits per heavy atom. The van der Waals surface area contributed by atoms with Crippen molar-refractivity contribution in [2.24, 2.45) is 0 Å². The summed E-state index contributed by atoms with van der Waals surface area (Å²) in [6, 6.07) is 12.8. The molecule has 0 aromatic heterocycles. The molecule has 1 aliphatic heterocycles. The number of amides is 1. The Hall–Kier alpha value is -1.78. The van der Waals surface area contributed by atoms with E-state index in [0.29, 0.717) is 6.04 Å². The van der Waals surface area contributed by atoms with Crippen LogP contribution in [0.15, 0.2) is 36.4 Å². The Morgan fingerprint density at radius 3 is 2.44 bits per heavy atom. The van der Waals surface area contributed by atoms with Crippen LogP contribution in [0, 0.1) is 0 Å². The maximum Gasteiger partial charge on any atom is 0.229 e. The number of hydrogen-bond acceptors (Lipinski definition) is 3. The molecule has 1 atom stereocenters. The zero-order valence-electron chi connectivity index (χ0n) is 15.1. The standard InChI is InChI=1S/C20H26N2O2.ClH/c1-14(20(23)22-10-8-18(21-2)9-11-22)15-4-5-17-13-19(24-3)7-6-16(17)12-15;/h4-7,12-14,18,21H,8-11H2,1-3H3;1H. The lowest BCUT2D eigenvalue weighted by atomic mass is 9.95. The largest absolute Gasteiger partial charge is 0.497 e. The highest BCUT2D eigenvalue weighted by Crippen LogP contribution is 2.27. The van der Waals surface area contributed by atoms with Gasteiger partial charge in [0.25, 0.3) is 0 Å². The summed E-state index contributed by atoms with van der Waals surface area (Å²) in [4.78, 5) is 14.8. The molecule has 1 heterocycles. The molecular formula is C20H27ClN2O2. The fraction of sp³-hybridized carbons (Fsp3) is 0.450. The van der Waals surface area contributed by atoms with E-state index < -0.39 is 0 Å². The number of rotatable bonds is 4. The number of nitrogens with zero attached hydrogens (tertiary/aromatic N) is 1. The predicted molar refractivity (Wildman–Crippen MR) is 105 cm³/mol. The molecule has 0 bridgehead atoms. The third kappa shape index (κ3) is 4.25. The molecule has 2 aromatic carbocycles. The van der Waals surface area contributed by atoms with Gasteiger partial charge in [-0.3, -0.25) is 4.79 Å². The lowest BCUT2D eigenvalue weighted by Crippen LogP contribution is -2.45. The second kappa shape index (κ2) is 8.54. The van der Waals surface area contributed by atoms with E-state index in [-0.39, 0.29) is 24.2 Å². The van der Waals surface area contributed by atoms with Gasteiger partial charge in [-0.1, -0.05) is 24.3 Å². The summed E-state index contributed by atoms with van der Waals surface area (Å²) in [6.45, 7) is 3.70. The van der Waals surface area contributed by atoms with E-state index in [9.17, 15) is 4.79 Å². The van der Waals surface area contributed by atoms with Crippen molar-refractivity contribution in [3.63, 3.8) is 0 Å². The fourth-order valence-corrected chi connectivity index (χ4v) is 3.44. The van der Waals surface area contributed by atoms with Gasteiger partial charge in [0.15, 0.2) is 0 Å². The highest BCUT2D eigenvalue weighted by molar-refractivity contribution is 5.88. The van der Waals surface area contributed by atoms with Crippen LogP contribution in [0.5, 0.6) is 5.75 Å². The summed E-state index contributed by atoms with van der Waals surface area (Å²) in [6.07, 6.45) is 2.07. The summed E-state index contributed by atoms with van der Waals surface area (Å²) in [5.41, 5.74) is 1.08. The topological polar surface area (TPSA) is 41.6 Å². The SMILES string of the molecule is CNC1CCN(C(=O)C(C)c2ccc3cc(OC)ccc3c2)CC1.Cl. The molecule has 136 valence electrons. The van der Waals surface area contributed by atoms with E-state index in [1.54, 1.807) is 7.11 Å².